The highest BCUT2D eigenvalue weighted by atomic mass is 32.2. The van der Waals surface area contributed by atoms with Crippen molar-refractivity contribution in [1.29, 1.82) is 0 Å². The molecule has 0 saturated carbocycles. The van der Waals surface area contributed by atoms with Crippen molar-refractivity contribution in [3.05, 3.63) is 12.4 Å². The average Bonchev–Trinajstić information content (AvgIpc) is 2.87. The van der Waals surface area contributed by atoms with Crippen molar-refractivity contribution in [2.24, 2.45) is 0 Å². The zero-order chi connectivity index (χ0) is 14.7. The van der Waals surface area contributed by atoms with E-state index in [-0.39, 0.29) is 13.0 Å². The second kappa shape index (κ2) is 3.78. The Morgan fingerprint density at radius 2 is 2.30 bits per heavy atom. The maximum Gasteiger partial charge on any atom is 0.328 e. The molecule has 1 N–H and O–H groups in total. The lowest BCUT2D eigenvalue weighted by Crippen LogP contribution is -2.58. The lowest BCUT2D eigenvalue weighted by molar-refractivity contribution is -0.157. The van der Waals surface area contributed by atoms with Gasteiger partial charge in [-0.3, -0.25) is 9.48 Å². The molecule has 108 valence electrons. The van der Waals surface area contributed by atoms with Crippen LogP contribution in [0.15, 0.2) is 12.4 Å². The fourth-order valence-corrected chi connectivity index (χ4v) is 5.29. The van der Waals surface area contributed by atoms with Gasteiger partial charge in [0.15, 0.2) is 15.9 Å². The van der Waals surface area contributed by atoms with E-state index in [0.717, 1.165) is 4.90 Å². The molecule has 3 rings (SSSR count). The Morgan fingerprint density at radius 1 is 1.60 bits per heavy atom. The van der Waals surface area contributed by atoms with E-state index in [2.05, 4.69) is 10.3 Å². The molecule has 0 spiro atoms. The van der Waals surface area contributed by atoms with Crippen molar-refractivity contribution in [1.82, 2.24) is 19.9 Å². The minimum Gasteiger partial charge on any atom is -0.480 e. The van der Waals surface area contributed by atoms with Gasteiger partial charge in [0.25, 0.3) is 0 Å². The highest BCUT2D eigenvalue weighted by Crippen LogP contribution is 2.46. The number of aliphatic carboxylic acids is 1. The molecular formula is C10H12N4O5S. The Hall–Kier alpha value is -1.97. The number of nitrogens with zero attached hydrogens (tertiary/aromatic N) is 4. The molecule has 2 saturated heterocycles. The Bertz CT molecular complexity index is 685. The van der Waals surface area contributed by atoms with Crippen LogP contribution in [0.2, 0.25) is 0 Å². The molecule has 1 amide bonds. The van der Waals surface area contributed by atoms with Crippen LogP contribution >= 0.6 is 0 Å². The predicted molar refractivity (Wildman–Crippen MR) is 64.0 cm³/mol. The van der Waals surface area contributed by atoms with E-state index in [4.69, 9.17) is 0 Å². The number of fused-ring (bicyclic) bond motifs is 1. The summed E-state index contributed by atoms with van der Waals surface area (Å²) in [5.74, 6) is -1.78. The molecule has 3 heterocycles. The molecule has 3 atom stereocenters. The van der Waals surface area contributed by atoms with Crippen LogP contribution in [-0.4, -0.2) is 61.5 Å². The van der Waals surface area contributed by atoms with E-state index in [1.54, 1.807) is 0 Å². The lowest BCUT2D eigenvalue weighted by atomic mass is 9.96. The Balaban J connectivity index is 2.10. The van der Waals surface area contributed by atoms with E-state index in [1.807, 2.05) is 0 Å². The van der Waals surface area contributed by atoms with Crippen molar-refractivity contribution in [3.63, 3.8) is 0 Å². The zero-order valence-corrected chi connectivity index (χ0v) is 11.3. The number of β-lactam (4-membered cyclic amide) rings is 1. The first-order valence-corrected chi connectivity index (χ1v) is 7.45. The van der Waals surface area contributed by atoms with Gasteiger partial charge in [0.1, 0.15) is 10.1 Å². The molecule has 0 aromatic carbocycles. The Morgan fingerprint density at radius 3 is 2.80 bits per heavy atom. The highest BCUT2D eigenvalue weighted by molar-refractivity contribution is 7.93. The molecule has 2 aliphatic heterocycles. The molecule has 9 nitrogen and oxygen atoms in total. The number of hydrogen-bond acceptors (Lipinski definition) is 6. The number of hydrogen-bond donors (Lipinski definition) is 1. The maximum atomic E-state index is 12.5. The second-order valence-corrected chi connectivity index (χ2v) is 7.73. The number of carboxylic acid groups (broad SMARTS) is 1. The molecular weight excluding hydrogens is 288 g/mol. The van der Waals surface area contributed by atoms with E-state index in [0.29, 0.717) is 0 Å². The van der Waals surface area contributed by atoms with Gasteiger partial charge < -0.3 is 10.0 Å². The van der Waals surface area contributed by atoms with Crippen LogP contribution in [0.4, 0.5) is 0 Å². The quantitative estimate of drug-likeness (QED) is 0.672. The minimum atomic E-state index is -3.80. The van der Waals surface area contributed by atoms with Crippen LogP contribution in [-0.2, 0) is 26.0 Å². The van der Waals surface area contributed by atoms with Crippen LogP contribution in [0.25, 0.3) is 0 Å². The Labute approximate surface area is 114 Å². The van der Waals surface area contributed by atoms with Crippen molar-refractivity contribution >= 4 is 21.7 Å². The third kappa shape index (κ3) is 1.39. The van der Waals surface area contributed by atoms with Gasteiger partial charge in [-0.25, -0.2) is 13.2 Å². The summed E-state index contributed by atoms with van der Waals surface area (Å²) in [5, 5.41) is 15.6. The number of aromatic nitrogens is 3. The van der Waals surface area contributed by atoms with E-state index < -0.39 is 37.9 Å². The highest BCUT2D eigenvalue weighted by Gasteiger charge is 2.70. The van der Waals surface area contributed by atoms with Gasteiger partial charge in [-0.05, 0) is 6.92 Å². The normalized spacial score (nSPS) is 34.6. The van der Waals surface area contributed by atoms with Crippen LogP contribution in [0.1, 0.15) is 13.3 Å². The monoisotopic (exact) mass is 300 g/mol. The smallest absolute Gasteiger partial charge is 0.328 e. The summed E-state index contributed by atoms with van der Waals surface area (Å²) >= 11 is 0. The van der Waals surface area contributed by atoms with Crippen molar-refractivity contribution in [2.45, 2.75) is 36.1 Å². The summed E-state index contributed by atoms with van der Waals surface area (Å²) in [6.07, 6.45) is 2.68. The lowest BCUT2D eigenvalue weighted by Gasteiger charge is -2.35. The van der Waals surface area contributed by atoms with Crippen molar-refractivity contribution < 1.29 is 23.1 Å². The number of amides is 1. The molecule has 0 bridgehead atoms. The van der Waals surface area contributed by atoms with Gasteiger partial charge in [-0.15, -0.1) is 5.10 Å². The van der Waals surface area contributed by atoms with Gasteiger partial charge >= 0.3 is 5.97 Å². The summed E-state index contributed by atoms with van der Waals surface area (Å²) in [6, 6.07) is -1.40. The van der Waals surface area contributed by atoms with Crippen molar-refractivity contribution in [3.8, 4) is 0 Å². The summed E-state index contributed by atoms with van der Waals surface area (Å²) in [6.45, 7) is 1.18. The third-order valence-corrected chi connectivity index (χ3v) is 6.76. The van der Waals surface area contributed by atoms with Crippen LogP contribution < -0.4 is 0 Å². The van der Waals surface area contributed by atoms with Gasteiger partial charge in [0, 0.05) is 6.20 Å². The Kier molecular flexibility index (Phi) is 2.46. The molecule has 1 unspecified atom stereocenters. The maximum absolute atomic E-state index is 12.5. The number of rotatable bonds is 3. The van der Waals surface area contributed by atoms with Crippen LogP contribution in [0.3, 0.4) is 0 Å². The standard InChI is InChI=1S/C10H12N4O5S/c1-10(5-13-3-2-11-12-13)8(9(16)17)14-6(15)4-7(14)20(10,18)19/h2-3,7-8H,4-5H2,1H3,(H,16,17)/t7-,8?,10-/m0/s1. The molecule has 2 aliphatic rings. The molecule has 20 heavy (non-hydrogen) atoms. The molecule has 0 radical (unpaired) electrons. The summed E-state index contributed by atoms with van der Waals surface area (Å²) < 4.78 is 24.7. The second-order valence-electron chi connectivity index (χ2n) is 5.16. The number of carboxylic acids is 1. The fraction of sp³-hybridized carbons (Fsp3) is 0.600. The van der Waals surface area contributed by atoms with Crippen LogP contribution in [0.5, 0.6) is 0 Å². The summed E-state index contributed by atoms with van der Waals surface area (Å²) in [4.78, 5) is 24.0. The predicted octanol–water partition coefficient (Wildman–Crippen LogP) is -1.52. The van der Waals surface area contributed by atoms with Gasteiger partial charge in [-0.1, -0.05) is 5.21 Å². The minimum absolute atomic E-state index is 0.154. The van der Waals surface area contributed by atoms with Gasteiger partial charge in [0.2, 0.25) is 5.91 Å². The zero-order valence-electron chi connectivity index (χ0n) is 10.5. The largest absolute Gasteiger partial charge is 0.480 e. The number of carbonyl (C=O) groups excluding carboxylic acids is 1. The first-order chi connectivity index (χ1) is 9.29. The fourth-order valence-electron chi connectivity index (χ4n) is 2.93. The first kappa shape index (κ1) is 13.0. The van der Waals surface area contributed by atoms with Crippen LogP contribution in [0, 0.1) is 0 Å². The molecule has 1 aromatic rings. The first-order valence-electron chi connectivity index (χ1n) is 5.90. The third-order valence-electron chi connectivity index (χ3n) is 3.99. The van der Waals surface area contributed by atoms with E-state index in [9.17, 15) is 23.1 Å². The average molecular weight is 300 g/mol. The van der Waals surface area contributed by atoms with Gasteiger partial charge in [0.05, 0.1) is 19.2 Å². The molecule has 1 aromatic heterocycles. The SMILES string of the molecule is C[C@]1(Cn2ccnn2)C(C(=O)O)N2C(=O)C[C@@H]2S1(=O)=O. The molecule has 2 fully saturated rings. The van der Waals surface area contributed by atoms with Gasteiger partial charge in [-0.2, -0.15) is 0 Å². The molecule has 0 aliphatic carbocycles. The van der Waals surface area contributed by atoms with E-state index >= 15 is 0 Å². The topological polar surface area (TPSA) is 122 Å². The summed E-state index contributed by atoms with van der Waals surface area (Å²) in [7, 11) is -3.80. The number of carbonyl (C=O) groups is 2. The summed E-state index contributed by atoms with van der Waals surface area (Å²) in [5.41, 5.74) is 0. The van der Waals surface area contributed by atoms with Crippen molar-refractivity contribution in [2.75, 3.05) is 0 Å². The number of sulfone groups is 1. The van der Waals surface area contributed by atoms with E-state index in [1.165, 1.54) is 24.0 Å². The molecule has 10 heteroatoms.